The highest BCUT2D eigenvalue weighted by atomic mass is 32.1. The summed E-state index contributed by atoms with van der Waals surface area (Å²) in [6, 6.07) is 10.3. The van der Waals surface area contributed by atoms with E-state index in [1.54, 1.807) is 70.9 Å². The number of carboxylic acid groups (broad SMARTS) is 1. The number of aryl methyl sites for hydroxylation is 1. The van der Waals surface area contributed by atoms with Gasteiger partial charge in [0.2, 0.25) is 11.8 Å². The van der Waals surface area contributed by atoms with Gasteiger partial charge >= 0.3 is 5.97 Å². The number of ether oxygens (including phenoxy) is 1. The number of hydrogen-bond acceptors (Lipinski definition) is 22. The minimum Gasteiger partial charge on any atom is -0.476 e. The van der Waals surface area contributed by atoms with Gasteiger partial charge in [0, 0.05) is 64.7 Å². The number of nitrogens with one attached hydrogen (secondary N) is 4. The second-order valence-electron chi connectivity index (χ2n) is 18.4. The first-order chi connectivity index (χ1) is 38.5. The summed E-state index contributed by atoms with van der Waals surface area (Å²) in [4.78, 5) is 120. The van der Waals surface area contributed by atoms with Gasteiger partial charge in [0.25, 0.3) is 11.8 Å². The second kappa shape index (κ2) is 23.9. The molecule has 6 N–H and O–H groups in total. The first-order valence-corrected chi connectivity index (χ1v) is 29.6. The molecule has 0 saturated carbocycles. The standard InChI is InChI=1S/C52H47N13O9S6/c1-23(2)27-13-34(66)39-24(3)79-50(63-39)29(14-37(67)53-4)57-44(70)32-19-75-46(59-32)26-11-12-28(48-61-36(21-78-48)65-16-30(52(72)73)55-22-65)56-40(26)31-18-76-49(58-31)33-20-77-51(60-33)42(43(69)25-9-7-6-8-10-25)62-38(68)15-54-45(71)41-35(17-74-5)80-47(27)64-41/h6-12,16,18-23,27,29,42-43,69H,13-15,17H2,1-5H3,(H,53,67)(H,54,71)(H,57,70)(H,62,68)(H,72,73)/t27-,29+,42+,43+/m1/s1. The molecule has 410 valence electrons. The number of imidazole rings is 1. The first kappa shape index (κ1) is 55.6. The monoisotopic (exact) mass is 1190 g/mol. The van der Waals surface area contributed by atoms with Crippen LogP contribution in [0.1, 0.15) is 123 Å². The molecule has 0 fully saturated rings. The largest absolute Gasteiger partial charge is 0.476 e. The van der Waals surface area contributed by atoms with Gasteiger partial charge < -0.3 is 36.2 Å². The lowest BCUT2D eigenvalue weighted by Gasteiger charge is -2.23. The Bertz CT molecular complexity index is 3800. The smallest absolute Gasteiger partial charge is 0.356 e. The van der Waals surface area contributed by atoms with Crippen LogP contribution in [-0.2, 0) is 20.9 Å². The molecule has 1 aliphatic heterocycles. The number of amides is 4. The zero-order valence-corrected chi connectivity index (χ0v) is 47.8. The molecule has 0 spiro atoms. The van der Waals surface area contributed by atoms with Gasteiger partial charge in [-0.15, -0.1) is 68.0 Å². The lowest BCUT2D eigenvalue weighted by molar-refractivity contribution is -0.122. The number of Topliss-reactive ketones (excluding diaryl/α,β-unsaturated/α-hetero) is 1. The van der Waals surface area contributed by atoms with Gasteiger partial charge in [-0.2, -0.15) is 0 Å². The Balaban J connectivity index is 1.06. The van der Waals surface area contributed by atoms with E-state index in [1.807, 2.05) is 13.8 Å². The molecule has 0 unspecified atom stereocenters. The molecule has 8 aromatic heterocycles. The van der Waals surface area contributed by atoms with E-state index in [4.69, 9.17) is 39.6 Å². The van der Waals surface area contributed by atoms with Crippen LogP contribution in [0.5, 0.6) is 0 Å². The third-order valence-electron chi connectivity index (χ3n) is 12.7. The van der Waals surface area contributed by atoms with E-state index in [0.717, 1.165) is 0 Å². The van der Waals surface area contributed by atoms with Crippen molar-refractivity contribution in [2.45, 2.75) is 64.3 Å². The number of aromatic nitrogens is 9. The number of benzene rings is 1. The zero-order chi connectivity index (χ0) is 56.4. The predicted octanol–water partition coefficient (Wildman–Crippen LogP) is 8.08. The molecular weight excluding hydrogens is 1140 g/mol. The average molecular weight is 1190 g/mol. The summed E-state index contributed by atoms with van der Waals surface area (Å²) in [7, 11) is 2.97. The molecule has 0 saturated heterocycles. The first-order valence-electron chi connectivity index (χ1n) is 24.5. The normalized spacial score (nSPS) is 16.7. The van der Waals surface area contributed by atoms with Crippen molar-refractivity contribution in [1.29, 1.82) is 0 Å². The van der Waals surface area contributed by atoms with Crippen molar-refractivity contribution in [2.24, 2.45) is 5.92 Å². The van der Waals surface area contributed by atoms with Crippen LogP contribution in [0.15, 0.2) is 76.5 Å². The molecule has 0 aliphatic carbocycles. The summed E-state index contributed by atoms with van der Waals surface area (Å²) >= 11 is 7.34. The number of carbonyl (C=O) groups excluding carboxylic acids is 5. The van der Waals surface area contributed by atoms with Crippen molar-refractivity contribution in [3.8, 4) is 49.2 Å². The summed E-state index contributed by atoms with van der Waals surface area (Å²) in [5, 5.41) is 41.9. The number of thiazole rings is 6. The maximum absolute atomic E-state index is 14.3. The van der Waals surface area contributed by atoms with E-state index >= 15 is 0 Å². The van der Waals surface area contributed by atoms with Crippen LogP contribution >= 0.6 is 68.0 Å². The molecular formula is C52H47N13O9S6. The van der Waals surface area contributed by atoms with Crippen molar-refractivity contribution < 1.29 is 43.7 Å². The number of carboxylic acids is 1. The number of methoxy groups -OCH3 is 1. The lowest BCUT2D eigenvalue weighted by atomic mass is 9.90. The van der Waals surface area contributed by atoms with Crippen molar-refractivity contribution in [3.05, 3.63) is 130 Å². The van der Waals surface area contributed by atoms with Gasteiger partial charge in [-0.1, -0.05) is 44.2 Å². The highest BCUT2D eigenvalue weighted by Gasteiger charge is 2.33. The van der Waals surface area contributed by atoms with Crippen LogP contribution in [0.2, 0.25) is 0 Å². The molecule has 10 rings (SSSR count). The third-order valence-corrected chi connectivity index (χ3v) is 18.4. The topological polar surface area (TPSA) is 308 Å². The third kappa shape index (κ3) is 11.9. The number of hydrogen-bond donors (Lipinski definition) is 6. The van der Waals surface area contributed by atoms with Gasteiger partial charge in [-0.25, -0.2) is 44.7 Å². The van der Waals surface area contributed by atoms with Crippen molar-refractivity contribution in [2.75, 3.05) is 20.7 Å². The molecule has 1 aromatic carbocycles. The molecule has 28 heteroatoms. The van der Waals surface area contributed by atoms with Crippen LogP contribution in [0.4, 0.5) is 0 Å². The average Bonchev–Trinajstić information content (AvgIpc) is 4.34. The van der Waals surface area contributed by atoms with Gasteiger partial charge in [0.05, 0.1) is 41.2 Å². The van der Waals surface area contributed by atoms with E-state index < -0.39 is 54.3 Å². The highest BCUT2D eigenvalue weighted by Crippen LogP contribution is 2.41. The number of fused-ring (bicyclic) bond motifs is 14. The summed E-state index contributed by atoms with van der Waals surface area (Å²) in [6.07, 6.45) is 1.22. The number of carbonyl (C=O) groups is 6. The summed E-state index contributed by atoms with van der Waals surface area (Å²) in [5.41, 5.74) is 2.80. The van der Waals surface area contributed by atoms with E-state index in [0.29, 0.717) is 79.5 Å². The van der Waals surface area contributed by atoms with Crippen LogP contribution in [0.3, 0.4) is 0 Å². The number of pyridine rings is 1. The minimum atomic E-state index is -1.27. The second-order valence-corrected chi connectivity index (χ2v) is 24.2. The molecule has 22 nitrogen and oxygen atoms in total. The van der Waals surface area contributed by atoms with Crippen LogP contribution in [0, 0.1) is 12.8 Å². The molecule has 0 radical (unpaired) electrons. The van der Waals surface area contributed by atoms with Crippen molar-refractivity contribution in [3.63, 3.8) is 0 Å². The number of aliphatic hydroxyl groups is 1. The maximum atomic E-state index is 14.3. The Morgan fingerprint density at radius 2 is 1.50 bits per heavy atom. The molecule has 9 heterocycles. The number of aromatic carboxylic acids is 1. The summed E-state index contributed by atoms with van der Waals surface area (Å²) in [5.74, 6) is -3.92. The number of rotatable bonds is 10. The quantitative estimate of drug-likeness (QED) is 0.0753. The van der Waals surface area contributed by atoms with Gasteiger partial charge in [0.15, 0.2) is 11.5 Å². The van der Waals surface area contributed by atoms with Gasteiger partial charge in [-0.05, 0) is 30.5 Å². The highest BCUT2D eigenvalue weighted by molar-refractivity contribution is 7.15. The Morgan fingerprint density at radius 1 is 0.775 bits per heavy atom. The fraction of sp³-hybridized carbons (Fsp3) is 0.269. The molecule has 10 bridgehead atoms. The number of aliphatic hydroxyl groups excluding tert-OH is 1. The van der Waals surface area contributed by atoms with Crippen LogP contribution in [-0.4, -0.2) is 111 Å². The van der Waals surface area contributed by atoms with Crippen molar-refractivity contribution >= 4 is 103 Å². The molecule has 4 atom stereocenters. The molecule has 9 aromatic rings. The van der Waals surface area contributed by atoms with E-state index in [-0.39, 0.29) is 59.8 Å². The minimum absolute atomic E-state index is 0.0311. The predicted molar refractivity (Wildman–Crippen MR) is 302 cm³/mol. The Kier molecular flexibility index (Phi) is 16.6. The van der Waals surface area contributed by atoms with E-state index in [2.05, 4.69) is 26.3 Å². The molecule has 4 amide bonds. The van der Waals surface area contributed by atoms with Crippen LogP contribution in [0.25, 0.3) is 49.2 Å². The molecule has 1 aliphatic rings. The SMILES string of the molecule is CNC(=O)C[C@@H]1NC(=O)c2csc(n2)-c2ccc(-c3nc(-n4cnc(C(=O)O)c4)cs3)nc2-c2csc(n2)-c2csc(n2)[C@H]([C@@H](O)c2ccccc2)NC(=O)CNC(=O)c2nc(sc2COC)[C@@H](C(C)C)CC(=O)c2nc1sc2C. The van der Waals surface area contributed by atoms with Gasteiger partial charge in [0.1, 0.15) is 83.5 Å². The number of nitrogens with zero attached hydrogens (tertiary/aromatic N) is 9. The lowest BCUT2D eigenvalue weighted by Crippen LogP contribution is -2.40. The summed E-state index contributed by atoms with van der Waals surface area (Å²) < 4.78 is 6.96. The fourth-order valence-corrected chi connectivity index (χ4v) is 14.1. The van der Waals surface area contributed by atoms with Gasteiger partial charge in [-0.3, -0.25) is 28.5 Å². The fourth-order valence-electron chi connectivity index (χ4n) is 8.51. The Hall–Kier alpha value is -7.70. The Morgan fingerprint density at radius 3 is 2.25 bits per heavy atom. The van der Waals surface area contributed by atoms with E-state index in [9.17, 15) is 39.0 Å². The van der Waals surface area contributed by atoms with E-state index in [1.165, 1.54) is 99.3 Å². The maximum Gasteiger partial charge on any atom is 0.356 e. The molecule has 80 heavy (non-hydrogen) atoms. The number of ketones is 1. The van der Waals surface area contributed by atoms with Crippen LogP contribution < -0.4 is 21.3 Å². The van der Waals surface area contributed by atoms with Crippen molar-refractivity contribution in [1.82, 2.24) is 65.7 Å². The Labute approximate surface area is 479 Å². The zero-order valence-electron chi connectivity index (χ0n) is 42.9. The summed E-state index contributed by atoms with van der Waals surface area (Å²) in [6.45, 7) is 5.17.